The van der Waals surface area contributed by atoms with E-state index in [1.165, 1.54) is 0 Å². The van der Waals surface area contributed by atoms with Crippen molar-refractivity contribution in [3.8, 4) is 0 Å². The molecular weight excluding hydrogens is 258 g/mol. The Morgan fingerprint density at radius 1 is 1.45 bits per heavy atom. The van der Waals surface area contributed by atoms with Crippen molar-refractivity contribution in [1.82, 2.24) is 10.6 Å². The van der Waals surface area contributed by atoms with Gasteiger partial charge in [0.1, 0.15) is 6.10 Å². The van der Waals surface area contributed by atoms with Gasteiger partial charge in [-0.1, -0.05) is 0 Å². The maximum Gasteiger partial charge on any atom is 0.407 e. The first-order valence-corrected chi connectivity index (χ1v) is 6.64. The van der Waals surface area contributed by atoms with Crippen molar-refractivity contribution < 1.29 is 14.3 Å². The number of nitrogens with one attached hydrogen (secondary N) is 2. The second-order valence-electron chi connectivity index (χ2n) is 4.68. The van der Waals surface area contributed by atoms with Crippen molar-refractivity contribution >= 4 is 17.7 Å². The SMILES string of the molecule is CCN(C)c1ccc(C(=O)NC[C@@H]2CNC(=O)O2)cc1. The Morgan fingerprint density at radius 2 is 2.15 bits per heavy atom. The molecule has 6 heteroatoms. The number of rotatable bonds is 5. The van der Waals surface area contributed by atoms with E-state index in [-0.39, 0.29) is 12.0 Å². The van der Waals surface area contributed by atoms with Crippen molar-refractivity contribution in [2.45, 2.75) is 13.0 Å². The Kier molecular flexibility index (Phi) is 4.45. The number of ether oxygens (including phenoxy) is 1. The number of hydrogen-bond donors (Lipinski definition) is 2. The molecule has 0 bridgehead atoms. The van der Waals surface area contributed by atoms with E-state index in [0.717, 1.165) is 12.2 Å². The molecule has 1 aromatic carbocycles. The van der Waals surface area contributed by atoms with Crippen LogP contribution in [-0.2, 0) is 4.74 Å². The molecule has 1 atom stereocenters. The first kappa shape index (κ1) is 14.2. The van der Waals surface area contributed by atoms with Gasteiger partial charge in [-0.25, -0.2) is 4.79 Å². The van der Waals surface area contributed by atoms with Gasteiger partial charge in [-0.15, -0.1) is 0 Å². The number of carbonyl (C=O) groups excluding carboxylic acids is 2. The van der Waals surface area contributed by atoms with Gasteiger partial charge in [-0.3, -0.25) is 4.79 Å². The van der Waals surface area contributed by atoms with E-state index >= 15 is 0 Å². The average Bonchev–Trinajstić information content (AvgIpc) is 2.89. The fraction of sp³-hybridized carbons (Fsp3) is 0.429. The number of alkyl carbamates (subject to hydrolysis) is 1. The number of nitrogens with zero attached hydrogens (tertiary/aromatic N) is 1. The lowest BCUT2D eigenvalue weighted by atomic mass is 10.2. The average molecular weight is 277 g/mol. The zero-order valence-corrected chi connectivity index (χ0v) is 11.7. The van der Waals surface area contributed by atoms with Crippen LogP contribution in [0.3, 0.4) is 0 Å². The maximum absolute atomic E-state index is 11.9. The first-order chi connectivity index (χ1) is 9.60. The van der Waals surface area contributed by atoms with Crippen molar-refractivity contribution in [2.75, 3.05) is 31.6 Å². The summed E-state index contributed by atoms with van der Waals surface area (Å²) in [6, 6.07) is 7.40. The topological polar surface area (TPSA) is 70.7 Å². The number of benzene rings is 1. The van der Waals surface area contributed by atoms with E-state index in [0.29, 0.717) is 18.7 Å². The van der Waals surface area contributed by atoms with Gasteiger partial charge < -0.3 is 20.3 Å². The molecule has 1 heterocycles. The summed E-state index contributed by atoms with van der Waals surface area (Å²) in [6.45, 7) is 3.72. The molecule has 1 aliphatic rings. The molecule has 2 amide bonds. The van der Waals surface area contributed by atoms with Crippen molar-refractivity contribution in [3.05, 3.63) is 29.8 Å². The number of amides is 2. The van der Waals surface area contributed by atoms with Crippen LogP contribution in [0.5, 0.6) is 0 Å². The van der Waals surface area contributed by atoms with Gasteiger partial charge in [0.2, 0.25) is 0 Å². The quantitative estimate of drug-likeness (QED) is 0.841. The Bertz CT molecular complexity index is 487. The highest BCUT2D eigenvalue weighted by molar-refractivity contribution is 5.94. The monoisotopic (exact) mass is 277 g/mol. The minimum atomic E-state index is -0.434. The molecule has 2 rings (SSSR count). The summed E-state index contributed by atoms with van der Waals surface area (Å²) in [6.07, 6.45) is -0.729. The Hall–Kier alpha value is -2.24. The zero-order valence-electron chi connectivity index (χ0n) is 11.7. The lowest BCUT2D eigenvalue weighted by molar-refractivity contribution is 0.0916. The van der Waals surface area contributed by atoms with Crippen LogP contribution >= 0.6 is 0 Å². The number of anilines is 1. The van der Waals surface area contributed by atoms with E-state index in [2.05, 4.69) is 22.5 Å². The molecule has 0 aliphatic carbocycles. The molecule has 20 heavy (non-hydrogen) atoms. The summed E-state index contributed by atoms with van der Waals surface area (Å²) in [5.74, 6) is -0.168. The molecule has 108 valence electrons. The predicted molar refractivity (Wildman–Crippen MR) is 76.0 cm³/mol. The Labute approximate surface area is 118 Å². The lowest BCUT2D eigenvalue weighted by Gasteiger charge is -2.17. The van der Waals surface area contributed by atoms with Crippen molar-refractivity contribution in [2.24, 2.45) is 0 Å². The fourth-order valence-corrected chi connectivity index (χ4v) is 1.90. The first-order valence-electron chi connectivity index (χ1n) is 6.64. The molecule has 0 radical (unpaired) electrons. The van der Waals surface area contributed by atoms with Crippen LogP contribution in [0, 0.1) is 0 Å². The molecule has 1 aromatic rings. The van der Waals surface area contributed by atoms with Gasteiger partial charge in [-0.05, 0) is 31.2 Å². The lowest BCUT2D eigenvalue weighted by Crippen LogP contribution is -2.33. The predicted octanol–water partition coefficient (Wildman–Crippen LogP) is 0.981. The zero-order chi connectivity index (χ0) is 14.5. The summed E-state index contributed by atoms with van der Waals surface area (Å²) < 4.78 is 4.94. The van der Waals surface area contributed by atoms with Gasteiger partial charge in [0.15, 0.2) is 0 Å². The summed E-state index contributed by atoms with van der Waals surface area (Å²) in [5, 5.41) is 5.30. The van der Waals surface area contributed by atoms with Crippen LogP contribution in [-0.4, -0.2) is 44.8 Å². The van der Waals surface area contributed by atoms with Crippen LogP contribution in [0.1, 0.15) is 17.3 Å². The highest BCUT2D eigenvalue weighted by Gasteiger charge is 2.22. The Morgan fingerprint density at radius 3 is 2.70 bits per heavy atom. The number of cyclic esters (lactones) is 1. The van der Waals surface area contributed by atoms with Crippen LogP contribution in [0.25, 0.3) is 0 Å². The molecule has 1 aliphatic heterocycles. The molecule has 0 unspecified atom stereocenters. The van der Waals surface area contributed by atoms with Crippen LogP contribution in [0.4, 0.5) is 10.5 Å². The number of carbonyl (C=O) groups is 2. The van der Waals surface area contributed by atoms with E-state index < -0.39 is 6.09 Å². The van der Waals surface area contributed by atoms with Crippen LogP contribution < -0.4 is 15.5 Å². The van der Waals surface area contributed by atoms with Crippen molar-refractivity contribution in [3.63, 3.8) is 0 Å². The highest BCUT2D eigenvalue weighted by Crippen LogP contribution is 2.13. The van der Waals surface area contributed by atoms with E-state index in [1.54, 1.807) is 12.1 Å². The van der Waals surface area contributed by atoms with Gasteiger partial charge in [-0.2, -0.15) is 0 Å². The summed E-state index contributed by atoms with van der Waals surface area (Å²) >= 11 is 0. The smallest absolute Gasteiger partial charge is 0.407 e. The second kappa shape index (κ2) is 6.27. The number of hydrogen-bond acceptors (Lipinski definition) is 4. The molecule has 1 saturated heterocycles. The molecule has 1 fully saturated rings. The Balaban J connectivity index is 1.87. The molecule has 0 aromatic heterocycles. The third-order valence-corrected chi connectivity index (χ3v) is 3.28. The van der Waals surface area contributed by atoms with Gasteiger partial charge in [0.25, 0.3) is 5.91 Å². The molecule has 6 nitrogen and oxygen atoms in total. The van der Waals surface area contributed by atoms with Crippen LogP contribution in [0.15, 0.2) is 24.3 Å². The molecular formula is C14H19N3O3. The normalized spacial score (nSPS) is 17.3. The summed E-state index contributed by atoms with van der Waals surface area (Å²) in [7, 11) is 2.00. The molecule has 0 saturated carbocycles. The third-order valence-electron chi connectivity index (χ3n) is 3.28. The molecule has 2 N–H and O–H groups in total. The van der Waals surface area contributed by atoms with Crippen LogP contribution in [0.2, 0.25) is 0 Å². The fourth-order valence-electron chi connectivity index (χ4n) is 1.90. The standard InChI is InChI=1S/C14H19N3O3/c1-3-17(2)11-6-4-10(5-7-11)13(18)15-8-12-9-16-14(19)20-12/h4-7,12H,3,8-9H2,1-2H3,(H,15,18)(H,16,19)/t12-/m1/s1. The minimum Gasteiger partial charge on any atom is -0.442 e. The van der Waals surface area contributed by atoms with Gasteiger partial charge in [0, 0.05) is 24.8 Å². The van der Waals surface area contributed by atoms with Crippen molar-refractivity contribution in [1.29, 1.82) is 0 Å². The second-order valence-corrected chi connectivity index (χ2v) is 4.68. The highest BCUT2D eigenvalue weighted by atomic mass is 16.6. The van der Waals surface area contributed by atoms with E-state index in [9.17, 15) is 9.59 Å². The third kappa shape index (κ3) is 3.40. The minimum absolute atomic E-state index is 0.168. The van der Waals surface area contributed by atoms with E-state index in [4.69, 9.17) is 4.74 Å². The summed E-state index contributed by atoms with van der Waals surface area (Å²) in [5.41, 5.74) is 1.66. The van der Waals surface area contributed by atoms with Gasteiger partial charge >= 0.3 is 6.09 Å². The maximum atomic E-state index is 11.9. The van der Waals surface area contributed by atoms with Gasteiger partial charge in [0.05, 0.1) is 13.1 Å². The molecule has 0 spiro atoms. The van der Waals surface area contributed by atoms with E-state index in [1.807, 2.05) is 19.2 Å². The summed E-state index contributed by atoms with van der Waals surface area (Å²) in [4.78, 5) is 24.9. The largest absolute Gasteiger partial charge is 0.442 e.